The van der Waals surface area contributed by atoms with E-state index in [4.69, 9.17) is 30.5 Å². The molecule has 0 saturated heterocycles. The summed E-state index contributed by atoms with van der Waals surface area (Å²) in [5.41, 5.74) is 2.91. The molecule has 1 N–H and O–H groups in total. The van der Waals surface area contributed by atoms with Crippen molar-refractivity contribution in [3.63, 3.8) is 0 Å². The first kappa shape index (κ1) is 20.7. The maximum Gasteiger partial charge on any atom is 0.175 e. The summed E-state index contributed by atoms with van der Waals surface area (Å²) in [5.74, 6) is 2.82. The molecule has 0 unspecified atom stereocenters. The van der Waals surface area contributed by atoms with Crippen molar-refractivity contribution in [1.82, 2.24) is 0 Å². The van der Waals surface area contributed by atoms with Crippen molar-refractivity contribution in [3.8, 4) is 23.0 Å². The van der Waals surface area contributed by atoms with Crippen LogP contribution in [0.25, 0.3) is 0 Å². The highest BCUT2D eigenvalue weighted by Crippen LogP contribution is 2.38. The van der Waals surface area contributed by atoms with Crippen molar-refractivity contribution in [2.24, 2.45) is 0 Å². The minimum atomic E-state index is 0.351. The standard InChI is InChI=1S/C23H21BrClNO4/c1-27-22-11-15(13-26-17-6-7-20-21(12-17)29-9-8-28-20)10-18(24)23(22)30-14-16-4-2-3-5-19(16)25/h2-7,10-12,26H,8-9,13-14H2,1H3. The average molecular weight is 491 g/mol. The summed E-state index contributed by atoms with van der Waals surface area (Å²) in [4.78, 5) is 0. The molecule has 0 radical (unpaired) electrons. The Hall–Kier alpha value is -2.57. The summed E-state index contributed by atoms with van der Waals surface area (Å²) in [7, 11) is 1.63. The van der Waals surface area contributed by atoms with Crippen molar-refractivity contribution >= 4 is 33.2 Å². The van der Waals surface area contributed by atoms with Crippen LogP contribution in [0.1, 0.15) is 11.1 Å². The Morgan fingerprint density at radius 1 is 1.03 bits per heavy atom. The van der Waals surface area contributed by atoms with Crippen LogP contribution in [0.2, 0.25) is 5.02 Å². The molecule has 3 aromatic carbocycles. The van der Waals surface area contributed by atoms with Gasteiger partial charge in [0.1, 0.15) is 19.8 Å². The molecule has 1 aliphatic rings. The van der Waals surface area contributed by atoms with Gasteiger partial charge in [0.15, 0.2) is 23.0 Å². The second-order valence-electron chi connectivity index (χ2n) is 6.70. The Labute approximate surface area is 189 Å². The van der Waals surface area contributed by atoms with Crippen LogP contribution in [-0.2, 0) is 13.2 Å². The van der Waals surface area contributed by atoms with Crippen LogP contribution in [-0.4, -0.2) is 20.3 Å². The lowest BCUT2D eigenvalue weighted by Gasteiger charge is -2.19. The van der Waals surface area contributed by atoms with E-state index in [1.165, 1.54) is 0 Å². The highest BCUT2D eigenvalue weighted by atomic mass is 79.9. The van der Waals surface area contributed by atoms with Gasteiger partial charge in [-0.15, -0.1) is 0 Å². The third-order valence-corrected chi connectivity index (χ3v) is 5.62. The van der Waals surface area contributed by atoms with Crippen molar-refractivity contribution < 1.29 is 18.9 Å². The van der Waals surface area contributed by atoms with E-state index in [-0.39, 0.29) is 0 Å². The Bertz CT molecular complexity index is 1040. The molecular formula is C23H21BrClNO4. The summed E-state index contributed by atoms with van der Waals surface area (Å²) in [6.45, 7) is 2.11. The van der Waals surface area contributed by atoms with E-state index in [0.29, 0.717) is 42.9 Å². The van der Waals surface area contributed by atoms with Crippen LogP contribution in [0.3, 0.4) is 0 Å². The predicted octanol–water partition coefficient (Wildman–Crippen LogP) is 6.07. The SMILES string of the molecule is COc1cc(CNc2ccc3c(c2)OCCO3)cc(Br)c1OCc1ccccc1Cl. The first-order chi connectivity index (χ1) is 14.6. The topological polar surface area (TPSA) is 49.0 Å². The number of rotatable bonds is 7. The van der Waals surface area contributed by atoms with Crippen molar-refractivity contribution in [1.29, 1.82) is 0 Å². The summed E-state index contributed by atoms with van der Waals surface area (Å²) in [6.07, 6.45) is 0. The number of anilines is 1. The Morgan fingerprint density at radius 2 is 1.83 bits per heavy atom. The summed E-state index contributed by atoms with van der Waals surface area (Å²) in [6, 6.07) is 17.4. The zero-order valence-corrected chi connectivity index (χ0v) is 18.8. The lowest BCUT2D eigenvalue weighted by atomic mass is 10.2. The maximum atomic E-state index is 6.22. The first-order valence-electron chi connectivity index (χ1n) is 9.50. The van der Waals surface area contributed by atoms with Crippen molar-refractivity contribution in [3.05, 3.63) is 75.2 Å². The summed E-state index contributed by atoms with van der Waals surface area (Å²) >= 11 is 9.83. The van der Waals surface area contributed by atoms with Crippen molar-refractivity contribution in [2.75, 3.05) is 25.6 Å². The molecule has 5 nitrogen and oxygen atoms in total. The van der Waals surface area contributed by atoms with Crippen LogP contribution in [0.15, 0.2) is 59.1 Å². The number of halogens is 2. The quantitative estimate of drug-likeness (QED) is 0.435. The number of ether oxygens (including phenoxy) is 4. The first-order valence-corrected chi connectivity index (χ1v) is 10.7. The van der Waals surface area contributed by atoms with Gasteiger partial charge in [-0.1, -0.05) is 29.8 Å². The van der Waals surface area contributed by atoms with E-state index >= 15 is 0 Å². The number of methoxy groups -OCH3 is 1. The van der Waals surface area contributed by atoms with Gasteiger partial charge in [-0.3, -0.25) is 0 Å². The maximum absolute atomic E-state index is 6.22. The molecule has 1 aliphatic heterocycles. The van der Waals surface area contributed by atoms with Gasteiger partial charge in [0.05, 0.1) is 11.6 Å². The molecule has 7 heteroatoms. The highest BCUT2D eigenvalue weighted by Gasteiger charge is 2.14. The zero-order valence-electron chi connectivity index (χ0n) is 16.4. The van der Waals surface area contributed by atoms with E-state index in [2.05, 4.69) is 21.2 Å². The normalized spacial score (nSPS) is 12.4. The van der Waals surface area contributed by atoms with Gasteiger partial charge in [-0.2, -0.15) is 0 Å². The lowest BCUT2D eigenvalue weighted by Crippen LogP contribution is -2.15. The second kappa shape index (κ2) is 9.49. The second-order valence-corrected chi connectivity index (χ2v) is 7.96. The highest BCUT2D eigenvalue weighted by molar-refractivity contribution is 9.10. The Morgan fingerprint density at radius 3 is 2.63 bits per heavy atom. The summed E-state index contributed by atoms with van der Waals surface area (Å²) in [5, 5.41) is 4.08. The number of hydrogen-bond donors (Lipinski definition) is 1. The Kier molecular flexibility index (Phi) is 6.55. The summed E-state index contributed by atoms with van der Waals surface area (Å²) < 4.78 is 23.6. The largest absolute Gasteiger partial charge is 0.493 e. The molecule has 0 atom stereocenters. The monoisotopic (exact) mass is 489 g/mol. The smallest absolute Gasteiger partial charge is 0.175 e. The molecule has 4 rings (SSSR count). The van der Waals surface area contributed by atoms with E-state index in [9.17, 15) is 0 Å². The molecule has 0 fully saturated rings. The molecule has 0 bridgehead atoms. The molecule has 1 heterocycles. The fourth-order valence-electron chi connectivity index (χ4n) is 3.14. The minimum absolute atomic E-state index is 0.351. The predicted molar refractivity (Wildman–Crippen MR) is 121 cm³/mol. The number of fused-ring (bicyclic) bond motifs is 1. The van der Waals surface area contributed by atoms with Crippen LogP contribution in [0.5, 0.6) is 23.0 Å². The molecule has 0 aromatic heterocycles. The van der Waals surface area contributed by atoms with E-state index in [1.807, 2.05) is 54.6 Å². The third-order valence-electron chi connectivity index (χ3n) is 4.66. The van der Waals surface area contributed by atoms with E-state index < -0.39 is 0 Å². The van der Waals surface area contributed by atoms with Crippen LogP contribution >= 0.6 is 27.5 Å². The zero-order chi connectivity index (χ0) is 20.9. The molecule has 3 aromatic rings. The molecule has 0 aliphatic carbocycles. The van der Waals surface area contributed by atoms with Crippen LogP contribution in [0, 0.1) is 0 Å². The number of nitrogens with one attached hydrogen (secondary N) is 1. The van der Waals surface area contributed by atoms with Gasteiger partial charge in [0.2, 0.25) is 0 Å². The average Bonchev–Trinajstić information content (AvgIpc) is 2.77. The molecule has 30 heavy (non-hydrogen) atoms. The molecule has 156 valence electrons. The molecule has 0 amide bonds. The van der Waals surface area contributed by atoms with E-state index in [0.717, 1.165) is 32.8 Å². The fraction of sp³-hybridized carbons (Fsp3) is 0.217. The molecular weight excluding hydrogens is 470 g/mol. The van der Waals surface area contributed by atoms with Gasteiger partial charge in [0.25, 0.3) is 0 Å². The number of benzene rings is 3. The van der Waals surface area contributed by atoms with Crippen molar-refractivity contribution in [2.45, 2.75) is 13.2 Å². The van der Waals surface area contributed by atoms with Gasteiger partial charge < -0.3 is 24.3 Å². The molecule has 0 spiro atoms. The van der Waals surface area contributed by atoms with Gasteiger partial charge in [-0.25, -0.2) is 0 Å². The Balaban J connectivity index is 1.46. The third kappa shape index (κ3) is 4.77. The van der Waals surface area contributed by atoms with Crippen LogP contribution in [0.4, 0.5) is 5.69 Å². The minimum Gasteiger partial charge on any atom is -0.493 e. The van der Waals surface area contributed by atoms with Crippen LogP contribution < -0.4 is 24.3 Å². The fourth-order valence-corrected chi connectivity index (χ4v) is 3.93. The number of hydrogen-bond acceptors (Lipinski definition) is 5. The van der Waals surface area contributed by atoms with Gasteiger partial charge in [0, 0.05) is 28.9 Å². The lowest BCUT2D eigenvalue weighted by molar-refractivity contribution is 0.171. The van der Waals surface area contributed by atoms with Gasteiger partial charge in [-0.05, 0) is 51.8 Å². The molecule has 0 saturated carbocycles. The van der Waals surface area contributed by atoms with E-state index in [1.54, 1.807) is 7.11 Å². The van der Waals surface area contributed by atoms with Gasteiger partial charge >= 0.3 is 0 Å².